The first kappa shape index (κ1) is 9.88. The molecule has 0 aromatic heterocycles. The van der Waals surface area contributed by atoms with Crippen molar-refractivity contribution < 1.29 is 0 Å². The standard InChI is InChI=1S/C7H17N2O/c1-6-7(2,3)9(10)8(4)5/h6H2,1-5H3/q-1. The molecule has 0 bridgehead atoms. The van der Waals surface area contributed by atoms with Crippen molar-refractivity contribution in [2.75, 3.05) is 14.1 Å². The molecule has 0 rings (SSSR count). The fourth-order valence-corrected chi connectivity index (χ4v) is 0.677. The molecular formula is C7H17N2O-. The summed E-state index contributed by atoms with van der Waals surface area (Å²) in [6.45, 7) is 5.87. The molecule has 0 atom stereocenters. The Morgan fingerprint density at radius 2 is 1.70 bits per heavy atom. The first-order valence-electron chi connectivity index (χ1n) is 3.56. The van der Waals surface area contributed by atoms with Gasteiger partial charge in [-0.25, -0.2) is 0 Å². The normalized spacial score (nSPS) is 13.2. The SMILES string of the molecule is CCC(C)(C)N([O-])N(C)C. The molecule has 10 heavy (non-hydrogen) atoms. The predicted octanol–water partition coefficient (Wildman–Crippen LogP) is 1.45. The van der Waals surface area contributed by atoms with Crippen molar-refractivity contribution in [1.82, 2.24) is 10.2 Å². The van der Waals surface area contributed by atoms with Crippen molar-refractivity contribution in [3.8, 4) is 0 Å². The highest BCUT2D eigenvalue weighted by molar-refractivity contribution is 4.77. The molecule has 0 saturated heterocycles. The van der Waals surface area contributed by atoms with Crippen LogP contribution < -0.4 is 0 Å². The largest absolute Gasteiger partial charge is 0.771 e. The van der Waals surface area contributed by atoms with Crippen molar-refractivity contribution in [2.24, 2.45) is 0 Å². The first-order valence-corrected chi connectivity index (χ1v) is 3.56. The van der Waals surface area contributed by atoms with E-state index >= 15 is 0 Å². The van der Waals surface area contributed by atoms with E-state index in [2.05, 4.69) is 0 Å². The van der Waals surface area contributed by atoms with Crippen molar-refractivity contribution in [3.05, 3.63) is 5.21 Å². The van der Waals surface area contributed by atoms with Crippen LogP contribution in [-0.2, 0) is 0 Å². The van der Waals surface area contributed by atoms with Gasteiger partial charge in [-0.2, -0.15) is 0 Å². The van der Waals surface area contributed by atoms with Crippen LogP contribution in [0.4, 0.5) is 0 Å². The highest BCUT2D eigenvalue weighted by Crippen LogP contribution is 2.17. The van der Waals surface area contributed by atoms with Gasteiger partial charge in [-0.1, -0.05) is 6.92 Å². The quantitative estimate of drug-likeness (QED) is 0.563. The van der Waals surface area contributed by atoms with Crippen LogP contribution in [-0.4, -0.2) is 29.8 Å². The summed E-state index contributed by atoms with van der Waals surface area (Å²) in [5.41, 5.74) is -0.274. The van der Waals surface area contributed by atoms with E-state index in [0.717, 1.165) is 11.6 Å². The Kier molecular flexibility index (Phi) is 3.28. The first-order chi connectivity index (χ1) is 4.41. The van der Waals surface area contributed by atoms with Crippen LogP contribution >= 0.6 is 0 Å². The zero-order valence-corrected chi connectivity index (χ0v) is 7.51. The summed E-state index contributed by atoms with van der Waals surface area (Å²) in [4.78, 5) is 0. The van der Waals surface area contributed by atoms with Crippen LogP contribution in [0.15, 0.2) is 0 Å². The fraction of sp³-hybridized carbons (Fsp3) is 1.00. The molecule has 0 heterocycles. The second kappa shape index (κ2) is 3.32. The van der Waals surface area contributed by atoms with E-state index in [0.29, 0.717) is 0 Å². The van der Waals surface area contributed by atoms with Crippen LogP contribution in [0.1, 0.15) is 27.2 Å². The summed E-state index contributed by atoms with van der Waals surface area (Å²) in [5.74, 6) is 0. The predicted molar refractivity (Wildman–Crippen MR) is 43.3 cm³/mol. The maximum absolute atomic E-state index is 11.2. The van der Waals surface area contributed by atoms with Crippen molar-refractivity contribution in [1.29, 1.82) is 0 Å². The van der Waals surface area contributed by atoms with Crippen molar-refractivity contribution in [3.63, 3.8) is 0 Å². The van der Waals surface area contributed by atoms with E-state index in [1.165, 1.54) is 0 Å². The summed E-state index contributed by atoms with van der Waals surface area (Å²) < 4.78 is 0. The molecule has 62 valence electrons. The summed E-state index contributed by atoms with van der Waals surface area (Å²) >= 11 is 0. The van der Waals surface area contributed by atoms with Crippen LogP contribution in [0.5, 0.6) is 0 Å². The lowest BCUT2D eigenvalue weighted by Crippen LogP contribution is -2.46. The van der Waals surface area contributed by atoms with E-state index in [1.54, 1.807) is 19.1 Å². The number of hydroxylamine groups is 1. The Morgan fingerprint density at radius 1 is 1.30 bits per heavy atom. The molecule has 0 N–H and O–H groups in total. The van der Waals surface area contributed by atoms with Gasteiger partial charge in [0.05, 0.1) is 0 Å². The van der Waals surface area contributed by atoms with E-state index in [1.807, 2.05) is 20.8 Å². The minimum absolute atomic E-state index is 0.274. The lowest BCUT2D eigenvalue weighted by atomic mass is 10.0. The molecule has 0 aliphatic heterocycles. The lowest BCUT2D eigenvalue weighted by molar-refractivity contribution is -0.0141. The minimum atomic E-state index is -0.274. The average Bonchev–Trinajstić information content (AvgIpc) is 1.86. The molecule has 0 amide bonds. The Hall–Kier alpha value is -0.120. The lowest BCUT2D eigenvalue weighted by Gasteiger charge is -2.47. The number of nitrogens with zero attached hydrogens (tertiary/aromatic N) is 2. The van der Waals surface area contributed by atoms with Gasteiger partial charge in [0, 0.05) is 19.6 Å². The van der Waals surface area contributed by atoms with Crippen LogP contribution in [0.25, 0.3) is 0 Å². The minimum Gasteiger partial charge on any atom is -0.771 e. The van der Waals surface area contributed by atoms with Gasteiger partial charge in [-0.3, -0.25) is 5.01 Å². The van der Waals surface area contributed by atoms with Gasteiger partial charge in [-0.15, -0.1) is 0 Å². The molecule has 0 aliphatic carbocycles. The molecule has 3 nitrogen and oxygen atoms in total. The second-order valence-electron chi connectivity index (χ2n) is 3.29. The maximum Gasteiger partial charge on any atom is 0.0162 e. The van der Waals surface area contributed by atoms with E-state index < -0.39 is 0 Å². The Balaban J connectivity index is 4.03. The molecule has 0 aromatic carbocycles. The Morgan fingerprint density at radius 3 is 1.80 bits per heavy atom. The summed E-state index contributed by atoms with van der Waals surface area (Å²) in [6.07, 6.45) is 0.856. The molecule has 0 spiro atoms. The number of hydrazine groups is 1. The van der Waals surface area contributed by atoms with Crippen LogP contribution in [0.3, 0.4) is 0 Å². The number of rotatable bonds is 3. The van der Waals surface area contributed by atoms with Gasteiger partial charge in [-0.05, 0) is 20.3 Å². The maximum atomic E-state index is 11.2. The summed E-state index contributed by atoms with van der Waals surface area (Å²) in [6, 6.07) is 0. The highest BCUT2D eigenvalue weighted by atomic mass is 16.6. The third kappa shape index (κ3) is 2.25. The number of hydrogen-bond acceptors (Lipinski definition) is 3. The average molecular weight is 145 g/mol. The van der Waals surface area contributed by atoms with E-state index in [4.69, 9.17) is 0 Å². The van der Waals surface area contributed by atoms with Crippen molar-refractivity contribution >= 4 is 0 Å². The summed E-state index contributed by atoms with van der Waals surface area (Å²) in [7, 11) is 3.51. The van der Waals surface area contributed by atoms with Gasteiger partial charge >= 0.3 is 0 Å². The number of hydrogen-bond donors (Lipinski definition) is 0. The summed E-state index contributed by atoms with van der Waals surface area (Å²) in [5, 5.41) is 13.8. The monoisotopic (exact) mass is 145 g/mol. The smallest absolute Gasteiger partial charge is 0.0162 e. The molecule has 0 unspecified atom stereocenters. The van der Waals surface area contributed by atoms with E-state index in [9.17, 15) is 5.21 Å². The topological polar surface area (TPSA) is 29.5 Å². The molecule has 0 saturated carbocycles. The van der Waals surface area contributed by atoms with Crippen LogP contribution in [0, 0.1) is 5.21 Å². The zero-order valence-electron chi connectivity index (χ0n) is 7.51. The van der Waals surface area contributed by atoms with Crippen LogP contribution in [0.2, 0.25) is 0 Å². The molecule has 3 heteroatoms. The van der Waals surface area contributed by atoms with E-state index in [-0.39, 0.29) is 5.54 Å². The molecule has 0 radical (unpaired) electrons. The van der Waals surface area contributed by atoms with Gasteiger partial charge in [0.1, 0.15) is 0 Å². The highest BCUT2D eigenvalue weighted by Gasteiger charge is 2.17. The third-order valence-electron chi connectivity index (χ3n) is 1.75. The van der Waals surface area contributed by atoms with Crippen molar-refractivity contribution in [2.45, 2.75) is 32.7 Å². The van der Waals surface area contributed by atoms with Gasteiger partial charge in [0.25, 0.3) is 0 Å². The zero-order chi connectivity index (χ0) is 8.36. The van der Waals surface area contributed by atoms with Gasteiger partial charge in [0.15, 0.2) is 0 Å². The molecule has 0 aromatic rings. The van der Waals surface area contributed by atoms with Gasteiger partial charge in [0.2, 0.25) is 0 Å². The molecule has 0 fully saturated rings. The van der Waals surface area contributed by atoms with Gasteiger partial charge < -0.3 is 10.4 Å². The second-order valence-corrected chi connectivity index (χ2v) is 3.29. The Bertz CT molecular complexity index is 102. The molecule has 0 aliphatic rings. The third-order valence-corrected chi connectivity index (χ3v) is 1.75. The fourth-order valence-electron chi connectivity index (χ4n) is 0.677. The Labute approximate surface area is 63.2 Å². The molecular weight excluding hydrogens is 128 g/mol.